The van der Waals surface area contributed by atoms with Gasteiger partial charge in [0.2, 0.25) is 17.7 Å². The molecule has 1 N–H and O–H groups in total. The number of aliphatic hydroxyl groups is 1. The number of carbonyl (C=O) groups excluding carboxylic acids is 4. The van der Waals surface area contributed by atoms with Crippen LogP contribution in [-0.2, 0) is 28.7 Å². The fourth-order valence-corrected chi connectivity index (χ4v) is 9.49. The van der Waals surface area contributed by atoms with Crippen LogP contribution in [0.5, 0.6) is 0 Å². The summed E-state index contributed by atoms with van der Waals surface area (Å²) in [6, 6.07) is 7.05. The van der Waals surface area contributed by atoms with E-state index in [2.05, 4.69) is 15.9 Å². The minimum Gasteiger partial charge on any atom is -0.455 e. The Balaban J connectivity index is 1.49. The molecule has 10 nitrogen and oxygen atoms in total. The fraction of sp³-hybridized carbons (Fsp3) is 0.632. The first-order chi connectivity index (χ1) is 23.5. The molecule has 2 saturated heterocycles. The van der Waals surface area contributed by atoms with Crippen molar-refractivity contribution < 1.29 is 33.8 Å². The average molecular weight is 741 g/mol. The quantitative estimate of drug-likeness (QED) is 0.326. The summed E-state index contributed by atoms with van der Waals surface area (Å²) < 4.78 is 13.7. The average Bonchev–Trinajstić information content (AvgIpc) is 3.71. The summed E-state index contributed by atoms with van der Waals surface area (Å²) in [7, 11) is 1.72. The maximum Gasteiger partial charge on any atom is 0.313 e. The van der Waals surface area contributed by atoms with Crippen LogP contribution in [0.1, 0.15) is 83.8 Å². The third-order valence-corrected chi connectivity index (χ3v) is 12.5. The van der Waals surface area contributed by atoms with E-state index in [0.717, 1.165) is 37.7 Å². The van der Waals surface area contributed by atoms with Crippen molar-refractivity contribution in [1.82, 2.24) is 14.7 Å². The Morgan fingerprint density at radius 2 is 1.73 bits per heavy atom. The maximum atomic E-state index is 15.2. The Morgan fingerprint density at radius 1 is 1.02 bits per heavy atom. The van der Waals surface area contributed by atoms with Gasteiger partial charge in [-0.1, -0.05) is 97.9 Å². The van der Waals surface area contributed by atoms with Gasteiger partial charge in [-0.05, 0) is 43.7 Å². The number of aliphatic hydroxyl groups excluding tert-OH is 1. The number of amides is 3. The lowest BCUT2D eigenvalue weighted by atomic mass is 9.74. The van der Waals surface area contributed by atoms with Gasteiger partial charge in [-0.25, -0.2) is 0 Å². The highest BCUT2D eigenvalue weighted by Gasteiger charge is 2.76. The highest BCUT2D eigenvalue weighted by molar-refractivity contribution is 9.11. The van der Waals surface area contributed by atoms with Gasteiger partial charge in [0.15, 0.2) is 0 Å². The van der Waals surface area contributed by atoms with Gasteiger partial charge in [0.1, 0.15) is 29.8 Å². The summed E-state index contributed by atoms with van der Waals surface area (Å²) in [6.07, 6.45) is 10.4. The fourth-order valence-electron chi connectivity index (χ4n) is 8.76. The number of likely N-dealkylation sites (tertiary alicyclic amines) is 1. The number of likely N-dealkylation sites (N-methyl/N-ethyl adjacent to an activating group) is 1. The molecule has 9 atom stereocenters. The summed E-state index contributed by atoms with van der Waals surface area (Å²) in [4.78, 5) is 63.1. The highest BCUT2D eigenvalue weighted by atomic mass is 79.9. The number of esters is 1. The van der Waals surface area contributed by atoms with E-state index in [1.807, 2.05) is 74.2 Å². The SMILES string of the molecule is CC[C@H](C)[C@H](CO)N1C(=O)[C@@H]2[C@H]3C(=O)O[C@@H](c4ccccc4)[C@H](C)N(C)C(=O)CC/C=C\CN(C4CCCCC4)C(=O)[C@@H]1[C@]21C=C(Br)[C@H]3O1. The molecule has 1 aromatic rings. The number of halogens is 1. The van der Waals surface area contributed by atoms with Gasteiger partial charge in [-0.15, -0.1) is 0 Å². The normalized spacial score (nSPS) is 34.9. The Bertz CT molecular complexity index is 1480. The molecular weight excluding hydrogens is 690 g/mol. The highest BCUT2D eigenvalue weighted by Crippen LogP contribution is 2.60. The first-order valence-electron chi connectivity index (χ1n) is 18.0. The topological polar surface area (TPSA) is 117 Å². The Labute approximate surface area is 298 Å². The molecule has 0 unspecified atom stereocenters. The number of cyclic esters (lactones) is 1. The van der Waals surface area contributed by atoms with Crippen molar-refractivity contribution in [2.75, 3.05) is 20.2 Å². The number of benzene rings is 1. The van der Waals surface area contributed by atoms with Crippen LogP contribution >= 0.6 is 15.9 Å². The second-order valence-electron chi connectivity index (χ2n) is 14.5. The van der Waals surface area contributed by atoms with Crippen LogP contribution in [0.4, 0.5) is 0 Å². The van der Waals surface area contributed by atoms with E-state index in [1.165, 1.54) is 0 Å². The molecule has 4 heterocycles. The molecular formula is C38H50BrN3O7. The van der Waals surface area contributed by atoms with Crippen molar-refractivity contribution >= 4 is 39.6 Å². The Hall–Kier alpha value is -3.02. The number of fused-ring (bicyclic) bond motifs is 2. The molecule has 1 saturated carbocycles. The molecule has 266 valence electrons. The Morgan fingerprint density at radius 3 is 2.41 bits per heavy atom. The molecule has 1 aromatic carbocycles. The Kier molecular flexibility index (Phi) is 10.7. The number of rotatable bonds is 6. The van der Waals surface area contributed by atoms with Gasteiger partial charge in [0.25, 0.3) is 0 Å². The monoisotopic (exact) mass is 739 g/mol. The van der Waals surface area contributed by atoms with Crippen LogP contribution in [0, 0.1) is 17.8 Å². The van der Waals surface area contributed by atoms with Crippen molar-refractivity contribution in [3.8, 4) is 0 Å². The van der Waals surface area contributed by atoms with Crippen molar-refractivity contribution in [2.24, 2.45) is 17.8 Å². The zero-order chi connectivity index (χ0) is 35.0. The van der Waals surface area contributed by atoms with Gasteiger partial charge in [0, 0.05) is 30.5 Å². The van der Waals surface area contributed by atoms with Crippen LogP contribution in [0.2, 0.25) is 0 Å². The summed E-state index contributed by atoms with van der Waals surface area (Å²) in [5.41, 5.74) is -0.699. The first kappa shape index (κ1) is 35.8. The summed E-state index contributed by atoms with van der Waals surface area (Å²) in [5.74, 6) is -3.51. The lowest BCUT2D eigenvalue weighted by Crippen LogP contribution is -2.61. The van der Waals surface area contributed by atoms with Crippen molar-refractivity contribution in [1.29, 1.82) is 0 Å². The predicted octanol–water partition coefficient (Wildman–Crippen LogP) is 4.91. The molecule has 49 heavy (non-hydrogen) atoms. The number of hydrogen-bond donors (Lipinski definition) is 1. The molecule has 1 spiro atoms. The minimum absolute atomic E-state index is 0.0245. The zero-order valence-corrected chi connectivity index (χ0v) is 30.6. The third-order valence-electron chi connectivity index (χ3n) is 11.8. The lowest BCUT2D eigenvalue weighted by Gasteiger charge is -2.43. The van der Waals surface area contributed by atoms with Crippen LogP contribution in [-0.4, -0.2) is 99.6 Å². The van der Waals surface area contributed by atoms with Crippen molar-refractivity contribution in [2.45, 2.75) is 114 Å². The number of ether oxygens (including phenoxy) is 2. The molecule has 5 bridgehead atoms. The van der Waals surface area contributed by atoms with Gasteiger partial charge in [0.05, 0.1) is 24.6 Å². The molecule has 0 aromatic heterocycles. The number of hydrogen-bond acceptors (Lipinski definition) is 7. The van der Waals surface area contributed by atoms with E-state index in [4.69, 9.17) is 9.47 Å². The van der Waals surface area contributed by atoms with E-state index < -0.39 is 53.7 Å². The van der Waals surface area contributed by atoms with E-state index in [0.29, 0.717) is 23.9 Å². The maximum absolute atomic E-state index is 15.2. The second kappa shape index (κ2) is 14.7. The number of carbonyl (C=O) groups is 4. The van der Waals surface area contributed by atoms with Gasteiger partial charge in [-0.2, -0.15) is 0 Å². The van der Waals surface area contributed by atoms with Gasteiger partial charge >= 0.3 is 5.97 Å². The number of nitrogens with zero attached hydrogens (tertiary/aromatic N) is 3. The third kappa shape index (κ3) is 6.29. The molecule has 1 aliphatic carbocycles. The van der Waals surface area contributed by atoms with Gasteiger partial charge in [-0.3, -0.25) is 19.2 Å². The second-order valence-corrected chi connectivity index (χ2v) is 15.4. The first-order valence-corrected chi connectivity index (χ1v) is 18.8. The molecule has 0 radical (unpaired) electrons. The number of allylic oxidation sites excluding steroid dienone is 1. The molecule has 3 fully saturated rings. The molecule has 4 aliphatic heterocycles. The van der Waals surface area contributed by atoms with E-state index in [1.54, 1.807) is 16.8 Å². The minimum atomic E-state index is -1.42. The van der Waals surface area contributed by atoms with Crippen LogP contribution in [0.25, 0.3) is 0 Å². The van der Waals surface area contributed by atoms with Crippen LogP contribution < -0.4 is 0 Å². The summed E-state index contributed by atoms with van der Waals surface area (Å²) in [5, 5.41) is 10.8. The van der Waals surface area contributed by atoms with E-state index in [-0.39, 0.29) is 42.7 Å². The van der Waals surface area contributed by atoms with E-state index in [9.17, 15) is 19.5 Å². The zero-order valence-electron chi connectivity index (χ0n) is 29.0. The lowest BCUT2D eigenvalue weighted by molar-refractivity contribution is -0.164. The van der Waals surface area contributed by atoms with Crippen molar-refractivity contribution in [3.05, 3.63) is 58.6 Å². The predicted molar refractivity (Wildman–Crippen MR) is 187 cm³/mol. The van der Waals surface area contributed by atoms with Crippen molar-refractivity contribution in [3.63, 3.8) is 0 Å². The molecule has 3 amide bonds. The standard InChI is InChI=1S/C38H50BrN3O7/c1-5-23(2)28(22-43)42-34-36(46)41(26-17-11-7-12-18-26)20-14-8-13-19-29(44)40(4)24(3)32(25-15-9-6-10-16-25)48-37(47)30-31(35(42)45)38(34)21-27(39)33(30)49-38/h6,8-10,14-16,21,23-24,26,28,30-34,43H,5,7,11-13,17-20,22H2,1-4H3/b14-8-/t23-,24-,28-,30+,31-,32+,33+,34+,38-/m0/s1. The molecule has 11 heteroatoms. The largest absolute Gasteiger partial charge is 0.455 e. The van der Waals surface area contributed by atoms with Gasteiger partial charge < -0.3 is 29.3 Å². The molecule has 5 aliphatic rings. The summed E-state index contributed by atoms with van der Waals surface area (Å²) >= 11 is 3.65. The van der Waals surface area contributed by atoms with Crippen LogP contribution in [0.15, 0.2) is 53.0 Å². The summed E-state index contributed by atoms with van der Waals surface area (Å²) in [6.45, 7) is 5.83. The smallest absolute Gasteiger partial charge is 0.313 e. The molecule has 6 rings (SSSR count). The van der Waals surface area contributed by atoms with Crippen LogP contribution in [0.3, 0.4) is 0 Å². The van der Waals surface area contributed by atoms with E-state index >= 15 is 4.79 Å².